The summed E-state index contributed by atoms with van der Waals surface area (Å²) >= 11 is 6.05. The van der Waals surface area contributed by atoms with E-state index in [-0.39, 0.29) is 11.9 Å². The quantitative estimate of drug-likeness (QED) is 0.924. The topological polar surface area (TPSA) is 41.6 Å². The van der Waals surface area contributed by atoms with Crippen molar-refractivity contribution in [1.29, 1.82) is 0 Å². The van der Waals surface area contributed by atoms with Gasteiger partial charge >= 0.3 is 0 Å². The van der Waals surface area contributed by atoms with Crippen molar-refractivity contribution in [3.05, 3.63) is 58.9 Å². The van der Waals surface area contributed by atoms with Crippen LogP contribution >= 0.6 is 11.6 Å². The maximum atomic E-state index is 14.2. The zero-order valence-corrected chi connectivity index (χ0v) is 12.1. The van der Waals surface area contributed by atoms with Gasteiger partial charge in [-0.3, -0.25) is 4.99 Å². The molecular formula is C16H15ClFN3. The molecule has 0 saturated carbocycles. The fraction of sp³-hybridized carbons (Fsp3) is 0.188. The summed E-state index contributed by atoms with van der Waals surface area (Å²) in [5.41, 5.74) is 8.10. The number of hydrogen-bond donors (Lipinski definition) is 1. The fourth-order valence-electron chi connectivity index (χ4n) is 2.55. The summed E-state index contributed by atoms with van der Waals surface area (Å²) in [7, 11) is 0. The third-order valence-corrected chi connectivity index (χ3v) is 3.78. The number of rotatable bonds is 2. The molecule has 2 N–H and O–H groups in total. The molecule has 2 aromatic rings. The van der Waals surface area contributed by atoms with Crippen LogP contribution < -0.4 is 10.6 Å². The van der Waals surface area contributed by atoms with Crippen molar-refractivity contribution in [1.82, 2.24) is 0 Å². The number of anilines is 2. The highest BCUT2D eigenvalue weighted by Gasteiger charge is 2.25. The number of nitrogens with zero attached hydrogens (tertiary/aromatic N) is 2. The molecule has 1 atom stereocenters. The van der Waals surface area contributed by atoms with Crippen LogP contribution in [0, 0.1) is 5.82 Å². The molecular weight excluding hydrogens is 289 g/mol. The van der Waals surface area contributed by atoms with Gasteiger partial charge in [0.15, 0.2) is 0 Å². The number of aliphatic imine (C=N–C) groups is 1. The van der Waals surface area contributed by atoms with Crippen molar-refractivity contribution in [3.8, 4) is 0 Å². The Morgan fingerprint density at radius 2 is 2.05 bits per heavy atom. The molecule has 1 heterocycles. The first-order valence-corrected chi connectivity index (χ1v) is 7.11. The van der Waals surface area contributed by atoms with Gasteiger partial charge in [-0.05, 0) is 30.3 Å². The van der Waals surface area contributed by atoms with E-state index in [0.717, 1.165) is 11.3 Å². The number of nitrogens with two attached hydrogens (primary N) is 1. The van der Waals surface area contributed by atoms with Crippen LogP contribution in [0.1, 0.15) is 5.56 Å². The van der Waals surface area contributed by atoms with Gasteiger partial charge in [0, 0.05) is 23.3 Å². The van der Waals surface area contributed by atoms with E-state index in [1.807, 2.05) is 23.1 Å². The van der Waals surface area contributed by atoms with Crippen LogP contribution in [0.15, 0.2) is 47.5 Å². The molecule has 0 aromatic heterocycles. The molecule has 3 nitrogen and oxygen atoms in total. The SMILES string of the molecule is NCC1CN=Cc2cc(Cl)ccc2N1c1ccccc1F. The second kappa shape index (κ2) is 5.84. The van der Waals surface area contributed by atoms with Crippen molar-refractivity contribution in [2.24, 2.45) is 10.7 Å². The zero-order valence-electron chi connectivity index (χ0n) is 11.3. The normalized spacial score (nSPS) is 17.5. The Kier molecular flexibility index (Phi) is 3.90. The molecule has 1 aliphatic heterocycles. The van der Waals surface area contributed by atoms with Gasteiger partial charge in [0.2, 0.25) is 0 Å². The monoisotopic (exact) mass is 303 g/mol. The molecule has 0 amide bonds. The van der Waals surface area contributed by atoms with Crippen LogP contribution in [0.4, 0.5) is 15.8 Å². The number of hydrogen-bond acceptors (Lipinski definition) is 3. The Balaban J connectivity index is 2.19. The molecule has 0 spiro atoms. The van der Waals surface area contributed by atoms with Gasteiger partial charge in [0.1, 0.15) is 5.82 Å². The van der Waals surface area contributed by atoms with E-state index in [9.17, 15) is 4.39 Å². The van der Waals surface area contributed by atoms with Gasteiger partial charge in [-0.2, -0.15) is 0 Å². The Morgan fingerprint density at radius 1 is 1.24 bits per heavy atom. The molecule has 0 bridgehead atoms. The lowest BCUT2D eigenvalue weighted by Crippen LogP contribution is -2.40. The first-order valence-electron chi connectivity index (χ1n) is 6.74. The maximum absolute atomic E-state index is 14.2. The van der Waals surface area contributed by atoms with Crippen molar-refractivity contribution in [2.45, 2.75) is 6.04 Å². The highest BCUT2D eigenvalue weighted by molar-refractivity contribution is 6.31. The molecule has 0 saturated heterocycles. The van der Waals surface area contributed by atoms with E-state index < -0.39 is 0 Å². The minimum Gasteiger partial charge on any atom is -0.332 e. The Labute approximate surface area is 127 Å². The number of halogens is 2. The summed E-state index contributed by atoms with van der Waals surface area (Å²) in [6.45, 7) is 0.894. The first-order chi connectivity index (χ1) is 10.2. The third kappa shape index (κ3) is 2.64. The molecule has 108 valence electrons. The average Bonchev–Trinajstić information content (AvgIpc) is 2.66. The molecule has 0 aliphatic carbocycles. The minimum atomic E-state index is -0.279. The molecule has 1 aliphatic rings. The van der Waals surface area contributed by atoms with E-state index in [1.54, 1.807) is 24.4 Å². The Hall–Kier alpha value is -1.91. The van der Waals surface area contributed by atoms with Gasteiger partial charge < -0.3 is 10.6 Å². The highest BCUT2D eigenvalue weighted by Crippen LogP contribution is 2.34. The van der Waals surface area contributed by atoms with Gasteiger partial charge in [-0.25, -0.2) is 4.39 Å². The average molecular weight is 304 g/mol. The van der Waals surface area contributed by atoms with E-state index in [2.05, 4.69) is 4.99 Å². The molecule has 2 aromatic carbocycles. The van der Waals surface area contributed by atoms with Crippen LogP contribution in [-0.2, 0) is 0 Å². The standard InChI is InChI=1S/C16H15ClFN3/c17-12-5-6-15-11(7-12)9-20-10-13(8-19)21(15)16-4-2-1-3-14(16)18/h1-7,9,13H,8,10,19H2. The van der Waals surface area contributed by atoms with E-state index in [0.29, 0.717) is 23.8 Å². The van der Waals surface area contributed by atoms with Crippen molar-refractivity contribution in [3.63, 3.8) is 0 Å². The lowest BCUT2D eigenvalue weighted by atomic mass is 10.1. The van der Waals surface area contributed by atoms with E-state index >= 15 is 0 Å². The molecule has 3 rings (SSSR count). The molecule has 5 heteroatoms. The van der Waals surface area contributed by atoms with Crippen molar-refractivity contribution < 1.29 is 4.39 Å². The van der Waals surface area contributed by atoms with Gasteiger partial charge in [-0.15, -0.1) is 0 Å². The summed E-state index contributed by atoms with van der Waals surface area (Å²) in [4.78, 5) is 6.29. The number of benzodiazepines with no additional fused rings is 1. The zero-order chi connectivity index (χ0) is 14.8. The molecule has 21 heavy (non-hydrogen) atoms. The van der Waals surface area contributed by atoms with Gasteiger partial charge in [-0.1, -0.05) is 23.7 Å². The second-order valence-electron chi connectivity index (χ2n) is 4.91. The molecule has 0 radical (unpaired) electrons. The van der Waals surface area contributed by atoms with Crippen LogP contribution in [0.25, 0.3) is 0 Å². The maximum Gasteiger partial charge on any atom is 0.146 e. The highest BCUT2D eigenvalue weighted by atomic mass is 35.5. The summed E-state index contributed by atoms with van der Waals surface area (Å²) in [6, 6.07) is 12.1. The van der Waals surface area contributed by atoms with Crippen molar-refractivity contribution in [2.75, 3.05) is 18.0 Å². The predicted molar refractivity (Wildman–Crippen MR) is 85.3 cm³/mol. The lowest BCUT2D eigenvalue weighted by molar-refractivity contribution is 0.606. The van der Waals surface area contributed by atoms with E-state index in [4.69, 9.17) is 17.3 Å². The number of para-hydroxylation sites is 1. The summed E-state index contributed by atoms with van der Waals surface area (Å²) in [5.74, 6) is -0.279. The van der Waals surface area contributed by atoms with Crippen LogP contribution in [-0.4, -0.2) is 25.3 Å². The van der Waals surface area contributed by atoms with Crippen LogP contribution in [0.3, 0.4) is 0 Å². The Bertz CT molecular complexity index is 687. The lowest BCUT2D eigenvalue weighted by Gasteiger charge is -2.32. The van der Waals surface area contributed by atoms with E-state index in [1.165, 1.54) is 6.07 Å². The second-order valence-corrected chi connectivity index (χ2v) is 5.34. The molecule has 0 fully saturated rings. The smallest absolute Gasteiger partial charge is 0.146 e. The largest absolute Gasteiger partial charge is 0.332 e. The number of benzene rings is 2. The summed E-state index contributed by atoms with van der Waals surface area (Å²) in [5, 5.41) is 0.625. The summed E-state index contributed by atoms with van der Waals surface area (Å²) in [6.07, 6.45) is 1.77. The van der Waals surface area contributed by atoms with Gasteiger partial charge in [0.05, 0.1) is 24.0 Å². The van der Waals surface area contributed by atoms with Crippen molar-refractivity contribution >= 4 is 29.2 Å². The predicted octanol–water partition coefficient (Wildman–Crippen LogP) is 3.38. The van der Waals surface area contributed by atoms with Gasteiger partial charge in [0.25, 0.3) is 0 Å². The fourth-order valence-corrected chi connectivity index (χ4v) is 2.73. The number of fused-ring (bicyclic) bond motifs is 1. The first kappa shape index (κ1) is 14.0. The third-order valence-electron chi connectivity index (χ3n) is 3.54. The van der Waals surface area contributed by atoms with Crippen LogP contribution in [0.5, 0.6) is 0 Å². The summed E-state index contributed by atoms with van der Waals surface area (Å²) < 4.78 is 14.2. The molecule has 1 unspecified atom stereocenters. The Morgan fingerprint density at radius 3 is 2.81 bits per heavy atom. The van der Waals surface area contributed by atoms with Crippen LogP contribution in [0.2, 0.25) is 5.02 Å². The minimum absolute atomic E-state index is 0.0967.